The van der Waals surface area contributed by atoms with Crippen molar-refractivity contribution < 1.29 is 4.74 Å². The molecule has 0 aliphatic carbocycles. The number of hydrogen-bond donors (Lipinski definition) is 0. The molecule has 0 aliphatic heterocycles. The van der Waals surface area contributed by atoms with E-state index < -0.39 is 0 Å². The Morgan fingerprint density at radius 2 is 2.15 bits per heavy atom. The summed E-state index contributed by atoms with van der Waals surface area (Å²) in [5.74, 6) is 0.884. The summed E-state index contributed by atoms with van der Waals surface area (Å²) in [5, 5.41) is 8.34. The summed E-state index contributed by atoms with van der Waals surface area (Å²) in [5.41, 5.74) is 2.37. The second-order valence-electron chi connectivity index (χ2n) is 2.95. The average molecular weight is 175 g/mol. The first kappa shape index (κ1) is 9.60. The smallest absolute Gasteiger partial charge is 0.122 e. The minimum absolute atomic E-state index is 0.438. The monoisotopic (exact) mass is 175 g/mol. The van der Waals surface area contributed by atoms with E-state index in [2.05, 4.69) is 0 Å². The Labute approximate surface area is 78.8 Å². The van der Waals surface area contributed by atoms with Crippen molar-refractivity contribution >= 4 is 0 Å². The second kappa shape index (κ2) is 4.51. The zero-order valence-electron chi connectivity index (χ0n) is 8.00. The van der Waals surface area contributed by atoms with Gasteiger partial charge in [-0.1, -0.05) is 12.1 Å². The molecule has 2 nitrogen and oxygen atoms in total. The third kappa shape index (κ3) is 2.48. The summed E-state index contributed by atoms with van der Waals surface area (Å²) in [7, 11) is 0. The Morgan fingerprint density at radius 1 is 1.38 bits per heavy atom. The molecule has 0 spiro atoms. The second-order valence-corrected chi connectivity index (χ2v) is 2.95. The molecular weight excluding hydrogens is 162 g/mol. The van der Waals surface area contributed by atoms with Gasteiger partial charge in [0.15, 0.2) is 0 Å². The summed E-state index contributed by atoms with van der Waals surface area (Å²) < 4.78 is 5.44. The highest BCUT2D eigenvalue weighted by molar-refractivity contribution is 5.38. The first-order chi connectivity index (χ1) is 6.25. The van der Waals surface area contributed by atoms with E-state index in [1.165, 1.54) is 5.56 Å². The fourth-order valence-electron chi connectivity index (χ4n) is 1.09. The van der Waals surface area contributed by atoms with Crippen molar-refractivity contribution in [1.29, 1.82) is 5.26 Å². The average Bonchev–Trinajstić information content (AvgIpc) is 2.13. The fourth-order valence-corrected chi connectivity index (χ4v) is 1.09. The van der Waals surface area contributed by atoms with Crippen LogP contribution in [0.5, 0.6) is 5.75 Å². The molecular formula is C11H13NO. The Morgan fingerprint density at radius 3 is 2.85 bits per heavy atom. The van der Waals surface area contributed by atoms with Crippen LogP contribution in [0, 0.1) is 25.2 Å². The number of ether oxygens (including phenoxy) is 1. The summed E-state index contributed by atoms with van der Waals surface area (Å²) in [4.78, 5) is 0. The topological polar surface area (TPSA) is 33.0 Å². The lowest BCUT2D eigenvalue weighted by Crippen LogP contribution is -1.98. The van der Waals surface area contributed by atoms with Crippen LogP contribution in [0.1, 0.15) is 17.5 Å². The maximum Gasteiger partial charge on any atom is 0.122 e. The van der Waals surface area contributed by atoms with Crippen LogP contribution < -0.4 is 4.74 Å². The van der Waals surface area contributed by atoms with Crippen molar-refractivity contribution in [2.75, 3.05) is 6.61 Å². The van der Waals surface area contributed by atoms with E-state index in [1.807, 2.05) is 38.1 Å². The Hall–Kier alpha value is -1.49. The minimum Gasteiger partial charge on any atom is -0.492 e. The van der Waals surface area contributed by atoms with Crippen LogP contribution in [0.3, 0.4) is 0 Å². The van der Waals surface area contributed by atoms with Gasteiger partial charge in [-0.2, -0.15) is 5.26 Å². The highest BCUT2D eigenvalue weighted by Crippen LogP contribution is 2.20. The highest BCUT2D eigenvalue weighted by atomic mass is 16.5. The number of benzene rings is 1. The van der Waals surface area contributed by atoms with Gasteiger partial charge in [-0.05, 0) is 31.0 Å². The van der Waals surface area contributed by atoms with Gasteiger partial charge in [-0.3, -0.25) is 0 Å². The van der Waals surface area contributed by atoms with Gasteiger partial charge in [0, 0.05) is 0 Å². The number of hydrogen-bond acceptors (Lipinski definition) is 2. The maximum atomic E-state index is 8.34. The molecule has 2 heteroatoms. The molecule has 0 radical (unpaired) electrons. The van der Waals surface area contributed by atoms with Crippen LogP contribution in [-0.2, 0) is 0 Å². The molecule has 0 unspecified atom stereocenters. The summed E-state index contributed by atoms with van der Waals surface area (Å²) in [6.45, 7) is 4.55. The lowest BCUT2D eigenvalue weighted by atomic mass is 10.1. The van der Waals surface area contributed by atoms with Crippen molar-refractivity contribution in [3.05, 3.63) is 29.3 Å². The molecule has 0 aromatic heterocycles. The van der Waals surface area contributed by atoms with Gasteiger partial charge in [0.1, 0.15) is 12.4 Å². The molecule has 1 aromatic rings. The largest absolute Gasteiger partial charge is 0.492 e. The minimum atomic E-state index is 0.438. The summed E-state index contributed by atoms with van der Waals surface area (Å²) >= 11 is 0. The van der Waals surface area contributed by atoms with Gasteiger partial charge in [0.05, 0.1) is 12.5 Å². The van der Waals surface area contributed by atoms with Crippen LogP contribution >= 0.6 is 0 Å². The number of rotatable bonds is 3. The molecule has 68 valence electrons. The van der Waals surface area contributed by atoms with Gasteiger partial charge in [0.2, 0.25) is 0 Å². The Bertz CT molecular complexity index is 325. The first-order valence-electron chi connectivity index (χ1n) is 4.31. The third-order valence-electron chi connectivity index (χ3n) is 2.03. The van der Waals surface area contributed by atoms with E-state index in [4.69, 9.17) is 10.00 Å². The first-order valence-corrected chi connectivity index (χ1v) is 4.31. The van der Waals surface area contributed by atoms with Gasteiger partial charge >= 0.3 is 0 Å². The fraction of sp³-hybridized carbons (Fsp3) is 0.364. The lowest BCUT2D eigenvalue weighted by molar-refractivity contribution is 0.324. The predicted molar refractivity (Wildman–Crippen MR) is 51.6 cm³/mol. The normalized spacial score (nSPS) is 9.31. The van der Waals surface area contributed by atoms with Crippen LogP contribution in [0.4, 0.5) is 0 Å². The van der Waals surface area contributed by atoms with E-state index in [9.17, 15) is 0 Å². The molecule has 0 aliphatic rings. The third-order valence-corrected chi connectivity index (χ3v) is 2.03. The van der Waals surface area contributed by atoms with Crippen molar-refractivity contribution in [2.24, 2.45) is 0 Å². The molecule has 1 aromatic carbocycles. The molecule has 13 heavy (non-hydrogen) atoms. The summed E-state index contributed by atoms with van der Waals surface area (Å²) in [6, 6.07) is 7.99. The summed E-state index contributed by atoms with van der Waals surface area (Å²) in [6.07, 6.45) is 0.438. The molecule has 0 amide bonds. The number of nitriles is 1. The lowest BCUT2D eigenvalue weighted by Gasteiger charge is -2.08. The molecule has 1 rings (SSSR count). The van der Waals surface area contributed by atoms with Crippen LogP contribution in [-0.4, -0.2) is 6.61 Å². The van der Waals surface area contributed by atoms with E-state index in [0.717, 1.165) is 11.3 Å². The van der Waals surface area contributed by atoms with Gasteiger partial charge in [0.25, 0.3) is 0 Å². The van der Waals surface area contributed by atoms with E-state index >= 15 is 0 Å². The van der Waals surface area contributed by atoms with Gasteiger partial charge in [-0.25, -0.2) is 0 Å². The van der Waals surface area contributed by atoms with Crippen LogP contribution in [0.2, 0.25) is 0 Å². The zero-order chi connectivity index (χ0) is 9.68. The predicted octanol–water partition coefficient (Wildman–Crippen LogP) is 2.60. The van der Waals surface area contributed by atoms with E-state index in [0.29, 0.717) is 13.0 Å². The van der Waals surface area contributed by atoms with Gasteiger partial charge in [-0.15, -0.1) is 0 Å². The van der Waals surface area contributed by atoms with Gasteiger partial charge < -0.3 is 4.74 Å². The molecule has 0 atom stereocenters. The number of nitrogens with zero attached hydrogens (tertiary/aromatic N) is 1. The van der Waals surface area contributed by atoms with Crippen molar-refractivity contribution in [3.63, 3.8) is 0 Å². The SMILES string of the molecule is Cc1cccc(OCCC#N)c1C. The quantitative estimate of drug-likeness (QED) is 0.661. The van der Waals surface area contributed by atoms with E-state index in [-0.39, 0.29) is 0 Å². The number of aryl methyl sites for hydroxylation is 1. The van der Waals surface area contributed by atoms with Crippen LogP contribution in [0.15, 0.2) is 18.2 Å². The van der Waals surface area contributed by atoms with Crippen molar-refractivity contribution in [3.8, 4) is 11.8 Å². The van der Waals surface area contributed by atoms with Crippen molar-refractivity contribution in [1.82, 2.24) is 0 Å². The molecule has 0 heterocycles. The molecule has 0 fully saturated rings. The highest BCUT2D eigenvalue weighted by Gasteiger charge is 2.00. The molecule has 0 saturated heterocycles. The standard InChI is InChI=1S/C11H13NO/c1-9-5-3-6-11(10(9)2)13-8-4-7-12/h3,5-6H,4,8H2,1-2H3. The van der Waals surface area contributed by atoms with E-state index in [1.54, 1.807) is 0 Å². The van der Waals surface area contributed by atoms with Crippen molar-refractivity contribution in [2.45, 2.75) is 20.3 Å². The van der Waals surface area contributed by atoms with Crippen LogP contribution in [0.25, 0.3) is 0 Å². The molecule has 0 N–H and O–H groups in total. The zero-order valence-corrected chi connectivity index (χ0v) is 8.00. The molecule has 0 saturated carbocycles. The Balaban J connectivity index is 2.67. The Kier molecular flexibility index (Phi) is 3.33. The maximum absolute atomic E-state index is 8.34. The molecule has 0 bridgehead atoms.